The Morgan fingerprint density at radius 2 is 1.82 bits per heavy atom. The Morgan fingerprint density at radius 1 is 0.974 bits per heavy atom. The molecule has 2 aromatic rings. The third-order valence-corrected chi connectivity index (χ3v) is 9.98. The molecule has 0 aliphatic heterocycles. The van der Waals surface area contributed by atoms with Crippen molar-refractivity contribution in [3.8, 4) is 11.8 Å². The summed E-state index contributed by atoms with van der Waals surface area (Å²) < 4.78 is 0. The van der Waals surface area contributed by atoms with Crippen molar-refractivity contribution in [2.24, 2.45) is 5.41 Å². The molecule has 0 radical (unpaired) electrons. The summed E-state index contributed by atoms with van der Waals surface area (Å²) in [5.41, 5.74) is 13.5. The first-order valence-electron chi connectivity index (χ1n) is 14.4. The molecule has 2 atom stereocenters. The molecule has 1 heteroatoms. The Bertz CT molecular complexity index is 1510. The highest BCUT2D eigenvalue weighted by atomic mass is 15.2. The molecule has 190 valence electrons. The van der Waals surface area contributed by atoms with Gasteiger partial charge in [0, 0.05) is 35.1 Å². The Kier molecular flexibility index (Phi) is 5.45. The van der Waals surface area contributed by atoms with Crippen LogP contribution >= 0.6 is 0 Å². The molecule has 0 fully saturated rings. The summed E-state index contributed by atoms with van der Waals surface area (Å²) in [6, 6.07) is 18.3. The molecular formula is C37H37N. The van der Waals surface area contributed by atoms with Crippen LogP contribution in [-0.4, -0.2) is 6.04 Å². The SMILES string of the molecule is C=Cc1ccc(N(C2=CC3=C(CC2)C2(CC#CCC2)CC3)C2C=C3C(=CC2)c2ccccc2C3(C)C)cc1. The minimum absolute atomic E-state index is 0.0238. The lowest BCUT2D eigenvalue weighted by molar-refractivity contribution is 0.320. The Balaban J connectivity index is 1.30. The molecule has 0 aromatic heterocycles. The lowest BCUT2D eigenvalue weighted by atomic mass is 9.70. The number of anilines is 1. The number of allylic oxidation sites excluding steroid dienone is 6. The van der Waals surface area contributed by atoms with Gasteiger partial charge in [0.25, 0.3) is 0 Å². The van der Waals surface area contributed by atoms with Gasteiger partial charge >= 0.3 is 0 Å². The second-order valence-corrected chi connectivity index (χ2v) is 12.3. The molecule has 5 aliphatic rings. The molecule has 5 aliphatic carbocycles. The van der Waals surface area contributed by atoms with E-state index in [-0.39, 0.29) is 5.41 Å². The molecule has 2 unspecified atom stereocenters. The molecular weight excluding hydrogens is 458 g/mol. The number of rotatable bonds is 4. The first-order chi connectivity index (χ1) is 18.5. The summed E-state index contributed by atoms with van der Waals surface area (Å²) in [5.74, 6) is 6.82. The predicted octanol–water partition coefficient (Wildman–Crippen LogP) is 9.15. The molecule has 0 heterocycles. The van der Waals surface area contributed by atoms with Gasteiger partial charge in [-0.15, -0.1) is 11.8 Å². The second kappa shape index (κ2) is 8.78. The summed E-state index contributed by atoms with van der Waals surface area (Å²) in [4.78, 5) is 2.65. The highest BCUT2D eigenvalue weighted by Crippen LogP contribution is 2.55. The van der Waals surface area contributed by atoms with Crippen LogP contribution < -0.4 is 4.90 Å². The highest BCUT2D eigenvalue weighted by Gasteiger charge is 2.43. The number of hydrogen-bond donors (Lipinski definition) is 0. The molecule has 7 rings (SSSR count). The van der Waals surface area contributed by atoms with Crippen LogP contribution in [0.4, 0.5) is 5.69 Å². The predicted molar refractivity (Wildman–Crippen MR) is 161 cm³/mol. The van der Waals surface area contributed by atoms with Crippen molar-refractivity contribution in [3.05, 3.63) is 112 Å². The third-order valence-electron chi connectivity index (χ3n) is 9.98. The lowest BCUT2D eigenvalue weighted by Crippen LogP contribution is -2.36. The van der Waals surface area contributed by atoms with Gasteiger partial charge in [-0.05, 0) is 90.1 Å². The van der Waals surface area contributed by atoms with Crippen molar-refractivity contribution in [1.82, 2.24) is 0 Å². The maximum atomic E-state index is 3.98. The van der Waals surface area contributed by atoms with Crippen LogP contribution in [0.25, 0.3) is 11.6 Å². The van der Waals surface area contributed by atoms with E-state index in [0.717, 1.165) is 25.7 Å². The summed E-state index contributed by atoms with van der Waals surface area (Å²) in [6.07, 6.45) is 18.8. The van der Waals surface area contributed by atoms with E-state index in [1.165, 1.54) is 64.9 Å². The molecule has 0 N–H and O–H groups in total. The highest BCUT2D eigenvalue weighted by molar-refractivity contribution is 5.90. The van der Waals surface area contributed by atoms with Crippen molar-refractivity contribution >= 4 is 17.3 Å². The van der Waals surface area contributed by atoms with Crippen molar-refractivity contribution in [1.29, 1.82) is 0 Å². The normalized spacial score (nSPS) is 26.4. The monoisotopic (exact) mass is 495 g/mol. The second-order valence-electron chi connectivity index (χ2n) is 12.3. The molecule has 38 heavy (non-hydrogen) atoms. The zero-order valence-corrected chi connectivity index (χ0v) is 22.8. The van der Waals surface area contributed by atoms with E-state index in [2.05, 4.69) is 104 Å². The standard InChI is InChI=1S/C37H37N/c1-4-26-12-14-28(15-13-26)38(29-17-19-33-27(24-29)20-23-37(33)21-8-5-9-22-37)30-16-18-32-31-10-6-7-11-34(31)36(2,3)35(32)25-30/h4,6-7,10-15,18,24-25,30H,1,8,16-17,19-23H2,2-3H3. The lowest BCUT2D eigenvalue weighted by Gasteiger charge is -2.39. The zero-order chi connectivity index (χ0) is 25.9. The van der Waals surface area contributed by atoms with Crippen LogP contribution in [0.1, 0.15) is 81.9 Å². The molecule has 0 saturated carbocycles. The Labute approximate surface area is 228 Å². The van der Waals surface area contributed by atoms with Crippen molar-refractivity contribution in [2.45, 2.75) is 76.7 Å². The fraction of sp³-hybridized carbons (Fsp3) is 0.351. The Morgan fingerprint density at radius 3 is 2.61 bits per heavy atom. The summed E-state index contributed by atoms with van der Waals surface area (Å²) in [6.45, 7) is 8.77. The van der Waals surface area contributed by atoms with Gasteiger partial charge < -0.3 is 4.90 Å². The first-order valence-corrected chi connectivity index (χ1v) is 14.4. The largest absolute Gasteiger partial charge is 0.338 e. The maximum absolute atomic E-state index is 3.98. The van der Waals surface area contributed by atoms with Gasteiger partial charge in [-0.1, -0.05) is 80.6 Å². The van der Waals surface area contributed by atoms with Gasteiger partial charge in [-0.3, -0.25) is 0 Å². The summed E-state index contributed by atoms with van der Waals surface area (Å²) >= 11 is 0. The topological polar surface area (TPSA) is 3.24 Å². The van der Waals surface area contributed by atoms with Gasteiger partial charge in [-0.25, -0.2) is 0 Å². The number of benzene rings is 2. The van der Waals surface area contributed by atoms with Gasteiger partial charge in [0.1, 0.15) is 0 Å². The van der Waals surface area contributed by atoms with Crippen LogP contribution in [0.15, 0.2) is 95.8 Å². The molecule has 0 bridgehead atoms. The average Bonchev–Trinajstić information content (AvgIpc) is 3.41. The van der Waals surface area contributed by atoms with Crippen molar-refractivity contribution in [2.75, 3.05) is 4.90 Å². The first kappa shape index (κ1) is 23.6. The molecule has 1 nitrogen and oxygen atoms in total. The van der Waals surface area contributed by atoms with Crippen molar-refractivity contribution < 1.29 is 0 Å². The van der Waals surface area contributed by atoms with Gasteiger partial charge in [-0.2, -0.15) is 0 Å². The van der Waals surface area contributed by atoms with Gasteiger partial charge in [0.05, 0.1) is 6.04 Å². The van der Waals surface area contributed by atoms with Crippen LogP contribution in [-0.2, 0) is 5.41 Å². The van der Waals surface area contributed by atoms with E-state index >= 15 is 0 Å². The average molecular weight is 496 g/mol. The maximum Gasteiger partial charge on any atom is 0.0560 e. The van der Waals surface area contributed by atoms with Crippen LogP contribution in [0.3, 0.4) is 0 Å². The number of nitrogens with zero attached hydrogens (tertiary/aromatic N) is 1. The van der Waals surface area contributed by atoms with Crippen molar-refractivity contribution in [3.63, 3.8) is 0 Å². The van der Waals surface area contributed by atoms with E-state index in [9.17, 15) is 0 Å². The smallest absolute Gasteiger partial charge is 0.0560 e. The van der Waals surface area contributed by atoms with E-state index in [1.807, 2.05) is 6.08 Å². The number of fused-ring (bicyclic) bond motifs is 4. The fourth-order valence-electron chi connectivity index (χ4n) is 7.93. The number of hydrogen-bond acceptors (Lipinski definition) is 1. The van der Waals surface area contributed by atoms with E-state index < -0.39 is 0 Å². The van der Waals surface area contributed by atoms with Gasteiger partial charge in [0.2, 0.25) is 0 Å². The van der Waals surface area contributed by atoms with E-state index in [4.69, 9.17) is 0 Å². The molecule has 0 amide bonds. The summed E-state index contributed by atoms with van der Waals surface area (Å²) in [7, 11) is 0. The van der Waals surface area contributed by atoms with Crippen LogP contribution in [0.5, 0.6) is 0 Å². The van der Waals surface area contributed by atoms with E-state index in [0.29, 0.717) is 11.5 Å². The Hall–Kier alpha value is -3.50. The fourth-order valence-corrected chi connectivity index (χ4v) is 7.93. The summed E-state index contributed by atoms with van der Waals surface area (Å²) in [5, 5.41) is 0. The minimum atomic E-state index is 0.0238. The molecule has 1 spiro atoms. The zero-order valence-electron chi connectivity index (χ0n) is 22.8. The quantitative estimate of drug-likeness (QED) is 0.382. The van der Waals surface area contributed by atoms with Gasteiger partial charge in [0.15, 0.2) is 0 Å². The minimum Gasteiger partial charge on any atom is -0.338 e. The van der Waals surface area contributed by atoms with E-state index in [1.54, 1.807) is 11.1 Å². The molecule has 2 aromatic carbocycles. The third kappa shape index (κ3) is 3.54. The molecule has 0 saturated heterocycles. The van der Waals surface area contributed by atoms with Crippen LogP contribution in [0, 0.1) is 17.3 Å². The van der Waals surface area contributed by atoms with Crippen LogP contribution in [0.2, 0.25) is 0 Å².